The third kappa shape index (κ3) is 5.72. The number of halogens is 1. The number of carbonyl (C=O) groups is 1. The number of nitrogens with zero attached hydrogens (tertiary/aromatic N) is 1. The zero-order valence-electron chi connectivity index (χ0n) is 15.6. The Bertz CT molecular complexity index is 929. The average molecular weight is 396 g/mol. The Labute approximate surface area is 169 Å². The molecule has 3 rings (SSSR count). The zero-order chi connectivity index (χ0) is 19.8. The fourth-order valence-corrected chi connectivity index (χ4v) is 2.84. The van der Waals surface area contributed by atoms with Gasteiger partial charge in [0.1, 0.15) is 11.4 Å². The van der Waals surface area contributed by atoms with Gasteiger partial charge in [-0.1, -0.05) is 35.9 Å². The van der Waals surface area contributed by atoms with Crippen LogP contribution in [0.25, 0.3) is 0 Å². The van der Waals surface area contributed by atoms with E-state index in [1.807, 2.05) is 54.6 Å². The minimum atomic E-state index is -0.196. The van der Waals surface area contributed by atoms with E-state index in [0.29, 0.717) is 23.8 Å². The van der Waals surface area contributed by atoms with Gasteiger partial charge in [-0.05, 0) is 53.9 Å². The maximum absolute atomic E-state index is 12.4. The van der Waals surface area contributed by atoms with E-state index in [-0.39, 0.29) is 5.91 Å². The highest BCUT2D eigenvalue weighted by molar-refractivity contribution is 6.30. The summed E-state index contributed by atoms with van der Waals surface area (Å²) in [4.78, 5) is 16.6. The topological polar surface area (TPSA) is 63.2 Å². The molecule has 0 aliphatic carbocycles. The number of hydrogen-bond donors (Lipinski definition) is 2. The van der Waals surface area contributed by atoms with Crippen LogP contribution in [0.15, 0.2) is 66.9 Å². The SMILES string of the molecule is COc1cccc(CCNC(=O)c2cc(NCc3ccc(Cl)cc3)ccn2)c1. The number of anilines is 1. The molecule has 28 heavy (non-hydrogen) atoms. The monoisotopic (exact) mass is 395 g/mol. The summed E-state index contributed by atoms with van der Waals surface area (Å²) < 4.78 is 5.21. The van der Waals surface area contributed by atoms with Crippen LogP contribution >= 0.6 is 11.6 Å². The smallest absolute Gasteiger partial charge is 0.269 e. The molecule has 0 fully saturated rings. The molecule has 0 spiro atoms. The Balaban J connectivity index is 1.52. The number of nitrogens with one attached hydrogen (secondary N) is 2. The second-order valence-corrected chi connectivity index (χ2v) is 6.70. The molecule has 0 aliphatic heterocycles. The Kier molecular flexibility index (Phi) is 6.87. The van der Waals surface area contributed by atoms with Crippen LogP contribution in [0.1, 0.15) is 21.6 Å². The van der Waals surface area contributed by atoms with E-state index in [4.69, 9.17) is 16.3 Å². The van der Waals surface area contributed by atoms with Gasteiger partial charge in [0.25, 0.3) is 5.91 Å². The minimum absolute atomic E-state index is 0.196. The first-order valence-corrected chi connectivity index (χ1v) is 9.37. The van der Waals surface area contributed by atoms with E-state index in [1.54, 1.807) is 19.4 Å². The molecule has 0 unspecified atom stereocenters. The Morgan fingerprint density at radius 1 is 1.07 bits per heavy atom. The van der Waals surface area contributed by atoms with E-state index in [9.17, 15) is 4.79 Å². The van der Waals surface area contributed by atoms with E-state index >= 15 is 0 Å². The van der Waals surface area contributed by atoms with Crippen LogP contribution in [0.2, 0.25) is 5.02 Å². The minimum Gasteiger partial charge on any atom is -0.497 e. The summed E-state index contributed by atoms with van der Waals surface area (Å²) in [5.41, 5.74) is 3.42. The van der Waals surface area contributed by atoms with Crippen molar-refractivity contribution >= 4 is 23.2 Å². The average Bonchev–Trinajstić information content (AvgIpc) is 2.73. The largest absolute Gasteiger partial charge is 0.497 e. The molecule has 0 saturated carbocycles. The van der Waals surface area contributed by atoms with Crippen molar-refractivity contribution in [1.29, 1.82) is 0 Å². The molecule has 0 aliphatic rings. The van der Waals surface area contributed by atoms with Crippen LogP contribution in [0.3, 0.4) is 0 Å². The van der Waals surface area contributed by atoms with Gasteiger partial charge < -0.3 is 15.4 Å². The lowest BCUT2D eigenvalue weighted by molar-refractivity contribution is 0.0949. The summed E-state index contributed by atoms with van der Waals surface area (Å²) in [7, 11) is 1.64. The van der Waals surface area contributed by atoms with Crippen molar-refractivity contribution in [2.24, 2.45) is 0 Å². The van der Waals surface area contributed by atoms with Crippen molar-refractivity contribution in [1.82, 2.24) is 10.3 Å². The summed E-state index contributed by atoms with van der Waals surface area (Å²) in [5, 5.41) is 6.91. The van der Waals surface area contributed by atoms with Gasteiger partial charge in [-0.15, -0.1) is 0 Å². The van der Waals surface area contributed by atoms with Crippen molar-refractivity contribution in [2.45, 2.75) is 13.0 Å². The molecule has 144 valence electrons. The third-order valence-electron chi connectivity index (χ3n) is 4.24. The number of methoxy groups -OCH3 is 1. The van der Waals surface area contributed by atoms with Gasteiger partial charge in [-0.25, -0.2) is 0 Å². The molecular weight excluding hydrogens is 374 g/mol. The summed E-state index contributed by atoms with van der Waals surface area (Å²) in [6.07, 6.45) is 2.35. The molecule has 0 atom stereocenters. The van der Waals surface area contributed by atoms with E-state index in [0.717, 1.165) is 29.0 Å². The Hall–Kier alpha value is -3.05. The molecule has 1 aromatic heterocycles. The zero-order valence-corrected chi connectivity index (χ0v) is 16.4. The molecule has 6 heteroatoms. The maximum atomic E-state index is 12.4. The second-order valence-electron chi connectivity index (χ2n) is 6.27. The molecule has 2 N–H and O–H groups in total. The number of ether oxygens (including phenoxy) is 1. The van der Waals surface area contributed by atoms with Crippen molar-refractivity contribution in [3.8, 4) is 5.75 Å². The summed E-state index contributed by atoms with van der Waals surface area (Å²) in [6.45, 7) is 1.16. The number of pyridine rings is 1. The van der Waals surface area contributed by atoms with Crippen LogP contribution in [0.4, 0.5) is 5.69 Å². The molecule has 1 heterocycles. The maximum Gasteiger partial charge on any atom is 0.269 e. The summed E-state index contributed by atoms with van der Waals surface area (Å²) in [5.74, 6) is 0.614. The van der Waals surface area contributed by atoms with Gasteiger partial charge >= 0.3 is 0 Å². The highest BCUT2D eigenvalue weighted by Gasteiger charge is 2.08. The molecule has 3 aromatic rings. The molecule has 0 bridgehead atoms. The Morgan fingerprint density at radius 2 is 1.89 bits per heavy atom. The van der Waals surface area contributed by atoms with Crippen LogP contribution in [0, 0.1) is 0 Å². The fourth-order valence-electron chi connectivity index (χ4n) is 2.71. The van der Waals surface area contributed by atoms with Gasteiger partial charge in [0.15, 0.2) is 0 Å². The van der Waals surface area contributed by atoms with Crippen LogP contribution in [-0.2, 0) is 13.0 Å². The third-order valence-corrected chi connectivity index (χ3v) is 4.49. The normalized spacial score (nSPS) is 10.4. The van der Waals surface area contributed by atoms with E-state index in [1.165, 1.54) is 0 Å². The number of benzene rings is 2. The number of rotatable bonds is 8. The lowest BCUT2D eigenvalue weighted by atomic mass is 10.1. The van der Waals surface area contributed by atoms with E-state index in [2.05, 4.69) is 15.6 Å². The number of carbonyl (C=O) groups excluding carboxylic acids is 1. The number of hydrogen-bond acceptors (Lipinski definition) is 4. The number of aromatic nitrogens is 1. The van der Waals surface area contributed by atoms with Crippen LogP contribution in [0.5, 0.6) is 5.75 Å². The lowest BCUT2D eigenvalue weighted by Gasteiger charge is -2.09. The summed E-state index contributed by atoms with van der Waals surface area (Å²) >= 11 is 5.90. The Morgan fingerprint density at radius 3 is 2.68 bits per heavy atom. The van der Waals surface area contributed by atoms with Gasteiger partial charge in [-0.3, -0.25) is 9.78 Å². The highest BCUT2D eigenvalue weighted by atomic mass is 35.5. The van der Waals surface area contributed by atoms with Gasteiger partial charge in [-0.2, -0.15) is 0 Å². The molecule has 0 radical (unpaired) electrons. The fraction of sp³-hybridized carbons (Fsp3) is 0.182. The quantitative estimate of drug-likeness (QED) is 0.596. The first-order chi connectivity index (χ1) is 13.6. The first-order valence-electron chi connectivity index (χ1n) is 8.99. The molecular formula is C22H22ClN3O2. The standard InChI is InChI=1S/C22H22ClN3O2/c1-28-20-4-2-3-16(13-20)9-11-25-22(27)21-14-19(10-12-24-21)26-15-17-5-7-18(23)8-6-17/h2-8,10,12-14H,9,11,15H2,1H3,(H,24,26)(H,25,27). The first kappa shape index (κ1) is 19.7. The highest BCUT2D eigenvalue weighted by Crippen LogP contribution is 2.14. The molecule has 5 nitrogen and oxygen atoms in total. The number of amides is 1. The van der Waals surface area contributed by atoms with Crippen molar-refractivity contribution < 1.29 is 9.53 Å². The van der Waals surface area contributed by atoms with Crippen molar-refractivity contribution in [3.63, 3.8) is 0 Å². The predicted octanol–water partition coefficient (Wildman–Crippen LogP) is 4.33. The van der Waals surface area contributed by atoms with Crippen LogP contribution < -0.4 is 15.4 Å². The molecule has 1 amide bonds. The predicted molar refractivity (Wildman–Crippen MR) is 112 cm³/mol. The lowest BCUT2D eigenvalue weighted by Crippen LogP contribution is -2.26. The van der Waals surface area contributed by atoms with E-state index < -0.39 is 0 Å². The molecule has 2 aromatic carbocycles. The van der Waals surface area contributed by atoms with Gasteiger partial charge in [0.2, 0.25) is 0 Å². The van der Waals surface area contributed by atoms with Crippen molar-refractivity contribution in [2.75, 3.05) is 19.0 Å². The van der Waals surface area contributed by atoms with Gasteiger partial charge in [0.05, 0.1) is 7.11 Å². The summed E-state index contributed by atoms with van der Waals surface area (Å²) in [6, 6.07) is 19.0. The second kappa shape index (κ2) is 9.76. The van der Waals surface area contributed by atoms with Gasteiger partial charge in [0, 0.05) is 30.0 Å². The van der Waals surface area contributed by atoms with Crippen LogP contribution in [-0.4, -0.2) is 24.5 Å². The van der Waals surface area contributed by atoms with Crippen molar-refractivity contribution in [3.05, 3.63) is 88.7 Å². The molecule has 0 saturated heterocycles.